The molecule has 28 heavy (non-hydrogen) atoms. The van der Waals surface area contributed by atoms with Gasteiger partial charge in [0.2, 0.25) is 0 Å². The van der Waals surface area contributed by atoms with Crippen LogP contribution in [-0.2, 0) is 0 Å². The van der Waals surface area contributed by atoms with Crippen molar-refractivity contribution in [1.82, 2.24) is 4.98 Å². The van der Waals surface area contributed by atoms with Crippen molar-refractivity contribution in [2.75, 3.05) is 0 Å². The number of nitro benzene ring substituents is 1. The molecule has 0 aliphatic carbocycles. The maximum atomic E-state index is 10.8. The van der Waals surface area contributed by atoms with E-state index in [1.807, 2.05) is 35.0 Å². The van der Waals surface area contributed by atoms with E-state index in [1.165, 1.54) is 23.5 Å². The molecule has 6 nitrogen and oxygen atoms in total. The van der Waals surface area contributed by atoms with E-state index >= 15 is 0 Å². The lowest BCUT2D eigenvalue weighted by atomic mass is 10.1. The third kappa shape index (κ3) is 3.93. The predicted molar refractivity (Wildman–Crippen MR) is 110 cm³/mol. The number of nitro groups is 1. The monoisotopic (exact) mass is 432 g/mol. The van der Waals surface area contributed by atoms with Crippen LogP contribution in [0.2, 0.25) is 10.0 Å². The van der Waals surface area contributed by atoms with Crippen molar-refractivity contribution in [1.29, 1.82) is 0 Å². The summed E-state index contributed by atoms with van der Waals surface area (Å²) in [6.45, 7) is 0. The van der Waals surface area contributed by atoms with Gasteiger partial charge in [-0.05, 0) is 30.3 Å². The normalized spacial score (nSPS) is 10.9. The van der Waals surface area contributed by atoms with Crippen LogP contribution < -0.4 is 5.32 Å². The van der Waals surface area contributed by atoms with Gasteiger partial charge in [-0.3, -0.25) is 15.4 Å². The molecule has 4 rings (SSSR count). The van der Waals surface area contributed by atoms with Crippen LogP contribution in [0.25, 0.3) is 22.8 Å². The van der Waals surface area contributed by atoms with Gasteiger partial charge in [-0.25, -0.2) is 0 Å². The Bertz CT molecular complexity index is 1160. The fourth-order valence-corrected chi connectivity index (χ4v) is 3.76. The Hall–Kier alpha value is -2.71. The number of nitrogens with zero attached hydrogens (tertiary/aromatic N) is 2. The molecule has 2 N–H and O–H groups in total. The van der Waals surface area contributed by atoms with Crippen LogP contribution >= 0.6 is 34.5 Å². The van der Waals surface area contributed by atoms with Crippen molar-refractivity contribution < 1.29 is 14.7 Å². The number of nitrogens with two attached hydrogens (primary N) is 1. The lowest BCUT2D eigenvalue weighted by Gasteiger charge is -2.00. The van der Waals surface area contributed by atoms with Crippen molar-refractivity contribution in [2.24, 2.45) is 0 Å². The number of halogens is 2. The number of benzene rings is 2. The summed E-state index contributed by atoms with van der Waals surface area (Å²) in [6.07, 6.45) is 0. The number of thiazole rings is 1. The zero-order valence-corrected chi connectivity index (χ0v) is 16.5. The van der Waals surface area contributed by atoms with Gasteiger partial charge in [-0.2, -0.15) is 4.98 Å². The molecule has 2 heterocycles. The molecule has 0 aliphatic rings. The maximum absolute atomic E-state index is 10.8. The first-order valence-electron chi connectivity index (χ1n) is 8.10. The van der Waals surface area contributed by atoms with Gasteiger partial charge in [0.15, 0.2) is 5.76 Å². The maximum Gasteiger partial charge on any atom is 0.288 e. The van der Waals surface area contributed by atoms with Gasteiger partial charge in [0.05, 0.1) is 9.95 Å². The minimum Gasteiger partial charge on any atom is -0.454 e. The molecular formula is C19H12Cl2N3O3S+. The molecule has 2 aromatic carbocycles. The Labute approximate surface area is 173 Å². The van der Waals surface area contributed by atoms with Crippen molar-refractivity contribution in [3.8, 4) is 22.8 Å². The second kappa shape index (κ2) is 7.73. The number of aromatic nitrogens is 1. The number of non-ortho nitro benzene ring substituents is 1. The Morgan fingerprint density at radius 3 is 2.50 bits per heavy atom. The third-order valence-corrected chi connectivity index (χ3v) is 5.33. The summed E-state index contributed by atoms with van der Waals surface area (Å²) in [6, 6.07) is 15.3. The predicted octanol–water partition coefficient (Wildman–Crippen LogP) is 5.81. The Kier molecular flexibility index (Phi) is 5.15. The van der Waals surface area contributed by atoms with Gasteiger partial charge in [-0.1, -0.05) is 34.5 Å². The van der Waals surface area contributed by atoms with Crippen molar-refractivity contribution in [3.05, 3.63) is 80.1 Å². The summed E-state index contributed by atoms with van der Waals surface area (Å²) in [5.74, 6) is 1.11. The molecule has 4 aromatic rings. The van der Waals surface area contributed by atoms with Crippen LogP contribution in [-0.4, -0.2) is 9.91 Å². The lowest BCUT2D eigenvalue weighted by molar-refractivity contribution is -0.478. The number of furan rings is 1. The quantitative estimate of drug-likeness (QED) is 0.244. The highest BCUT2D eigenvalue weighted by molar-refractivity contribution is 7.13. The van der Waals surface area contributed by atoms with Crippen molar-refractivity contribution in [3.63, 3.8) is 0 Å². The summed E-state index contributed by atoms with van der Waals surface area (Å²) in [4.78, 5) is 14.9. The molecule has 0 aliphatic heterocycles. The number of rotatable bonds is 5. The summed E-state index contributed by atoms with van der Waals surface area (Å²) >= 11 is 13.6. The molecule has 0 bridgehead atoms. The van der Waals surface area contributed by atoms with Crippen molar-refractivity contribution >= 4 is 51.0 Å². The Balaban J connectivity index is 1.56. The van der Waals surface area contributed by atoms with Crippen LogP contribution in [0.3, 0.4) is 0 Å². The van der Waals surface area contributed by atoms with Gasteiger partial charge in [0.1, 0.15) is 17.1 Å². The van der Waals surface area contributed by atoms with Gasteiger partial charge in [0, 0.05) is 40.2 Å². The Morgan fingerprint density at radius 2 is 1.79 bits per heavy atom. The molecule has 2 aromatic heterocycles. The number of hydrogen-bond acceptors (Lipinski definition) is 5. The zero-order valence-electron chi connectivity index (χ0n) is 14.1. The minimum atomic E-state index is -0.489. The number of hydrogen-bond donors (Lipinski definition) is 1. The molecule has 0 radical (unpaired) electrons. The van der Waals surface area contributed by atoms with Crippen LogP contribution in [0.15, 0.2) is 64.4 Å². The molecule has 0 saturated heterocycles. The number of quaternary nitrogens is 1. The van der Waals surface area contributed by atoms with Gasteiger partial charge < -0.3 is 4.42 Å². The van der Waals surface area contributed by atoms with E-state index in [0.29, 0.717) is 27.8 Å². The van der Waals surface area contributed by atoms with E-state index < -0.39 is 4.92 Å². The summed E-state index contributed by atoms with van der Waals surface area (Å²) in [7, 11) is 0. The first-order valence-corrected chi connectivity index (χ1v) is 9.73. The fourth-order valence-electron chi connectivity index (χ4n) is 2.61. The van der Waals surface area contributed by atoms with Gasteiger partial charge >= 0.3 is 0 Å². The second-order valence-corrected chi connectivity index (χ2v) is 7.59. The molecule has 0 amide bonds. The van der Waals surface area contributed by atoms with Gasteiger partial charge in [-0.15, -0.1) is 0 Å². The molecule has 140 valence electrons. The first-order chi connectivity index (χ1) is 13.5. The Morgan fingerprint density at radius 1 is 1.04 bits per heavy atom. The SMILES string of the molecule is O=[N+]([O-])c1ccc(-c2ccc(-c3csc([NH2+]c4ccc(Cl)cc4)n3)o2)c(Cl)c1. The first kappa shape index (κ1) is 18.6. The fraction of sp³-hybridized carbons (Fsp3) is 0. The highest BCUT2D eigenvalue weighted by atomic mass is 35.5. The van der Waals surface area contributed by atoms with E-state index in [4.69, 9.17) is 27.6 Å². The molecule has 0 saturated carbocycles. The standard InChI is InChI=1S/C19H11Cl2N3O3S/c20-11-1-3-12(4-2-11)22-19-23-16(10-28-19)18-8-7-17(27-18)14-6-5-13(24(25)26)9-15(14)21/h1-10H,(H,22,23)/p+1. The van der Waals surface area contributed by atoms with Gasteiger partial charge in [0.25, 0.3) is 10.8 Å². The van der Waals surface area contributed by atoms with E-state index in [2.05, 4.69) is 4.98 Å². The lowest BCUT2D eigenvalue weighted by Crippen LogP contribution is -2.70. The van der Waals surface area contributed by atoms with E-state index in [9.17, 15) is 10.1 Å². The topological polar surface area (TPSA) is 85.8 Å². The summed E-state index contributed by atoms with van der Waals surface area (Å²) in [5, 5.41) is 16.5. The minimum absolute atomic E-state index is 0.0672. The third-order valence-electron chi connectivity index (χ3n) is 3.97. The highest BCUT2D eigenvalue weighted by Gasteiger charge is 2.16. The molecular weight excluding hydrogens is 421 g/mol. The van der Waals surface area contributed by atoms with Crippen LogP contribution in [0, 0.1) is 10.1 Å². The van der Waals surface area contributed by atoms with E-state index in [-0.39, 0.29) is 10.7 Å². The highest BCUT2D eigenvalue weighted by Crippen LogP contribution is 2.35. The summed E-state index contributed by atoms with van der Waals surface area (Å²) < 4.78 is 5.87. The second-order valence-electron chi connectivity index (χ2n) is 5.85. The summed E-state index contributed by atoms with van der Waals surface area (Å²) in [5.41, 5.74) is 2.22. The average Bonchev–Trinajstić information content (AvgIpc) is 3.33. The molecule has 9 heteroatoms. The zero-order chi connectivity index (χ0) is 19.7. The average molecular weight is 433 g/mol. The van der Waals surface area contributed by atoms with E-state index in [1.54, 1.807) is 18.2 Å². The van der Waals surface area contributed by atoms with E-state index in [0.717, 1.165) is 10.8 Å². The molecule has 0 spiro atoms. The van der Waals surface area contributed by atoms with Crippen LogP contribution in [0.5, 0.6) is 0 Å². The molecule has 0 fully saturated rings. The smallest absolute Gasteiger partial charge is 0.288 e. The van der Waals surface area contributed by atoms with Crippen LogP contribution in [0.4, 0.5) is 16.5 Å². The van der Waals surface area contributed by atoms with Crippen LogP contribution in [0.1, 0.15) is 0 Å². The molecule has 0 atom stereocenters. The molecule has 0 unspecified atom stereocenters. The van der Waals surface area contributed by atoms with Crippen molar-refractivity contribution in [2.45, 2.75) is 0 Å². The largest absolute Gasteiger partial charge is 0.454 e.